The zero-order chi connectivity index (χ0) is 14.0. The Morgan fingerprint density at radius 1 is 1.20 bits per heavy atom. The molecule has 1 heteroatoms. The summed E-state index contributed by atoms with van der Waals surface area (Å²) in [7, 11) is 0. The van der Waals surface area contributed by atoms with Crippen LogP contribution in [0.4, 0.5) is 0 Å². The summed E-state index contributed by atoms with van der Waals surface area (Å²) in [5.41, 5.74) is 4.16. The van der Waals surface area contributed by atoms with Crippen LogP contribution in [0.3, 0.4) is 0 Å². The zero-order valence-corrected chi connectivity index (χ0v) is 13.2. The van der Waals surface area contributed by atoms with Crippen molar-refractivity contribution in [3.8, 4) is 0 Å². The molecule has 0 unspecified atom stereocenters. The van der Waals surface area contributed by atoms with Crippen LogP contribution < -0.4 is 0 Å². The minimum atomic E-state index is 0.451. The van der Waals surface area contributed by atoms with Gasteiger partial charge < -0.3 is 4.74 Å². The summed E-state index contributed by atoms with van der Waals surface area (Å²) in [5, 5.41) is 0. The average Bonchev–Trinajstić information content (AvgIpc) is 2.81. The summed E-state index contributed by atoms with van der Waals surface area (Å²) < 4.78 is 5.90. The number of ether oxygens (including phenoxy) is 1. The molecule has 1 saturated heterocycles. The van der Waals surface area contributed by atoms with E-state index in [1.165, 1.54) is 32.1 Å². The molecule has 0 amide bonds. The Labute approximate surface area is 123 Å². The first kappa shape index (κ1) is 13.1. The Morgan fingerprint density at radius 3 is 2.90 bits per heavy atom. The van der Waals surface area contributed by atoms with Gasteiger partial charge in [-0.25, -0.2) is 0 Å². The van der Waals surface area contributed by atoms with Gasteiger partial charge in [-0.15, -0.1) is 0 Å². The molecule has 1 heterocycles. The van der Waals surface area contributed by atoms with Crippen LogP contribution in [0.25, 0.3) is 0 Å². The van der Waals surface area contributed by atoms with Gasteiger partial charge in [-0.3, -0.25) is 0 Å². The second-order valence-corrected chi connectivity index (χ2v) is 8.39. The Hall–Kier alpha value is -0.560. The molecule has 110 valence electrons. The molecule has 0 spiro atoms. The predicted molar refractivity (Wildman–Crippen MR) is 82.4 cm³/mol. The van der Waals surface area contributed by atoms with Crippen LogP contribution in [0.15, 0.2) is 23.3 Å². The van der Waals surface area contributed by atoms with Gasteiger partial charge in [0.2, 0.25) is 0 Å². The van der Waals surface area contributed by atoms with Crippen LogP contribution in [-0.4, -0.2) is 13.2 Å². The molecular weight excluding hydrogens is 244 g/mol. The van der Waals surface area contributed by atoms with Crippen molar-refractivity contribution in [1.82, 2.24) is 0 Å². The lowest BCUT2D eigenvalue weighted by atomic mass is 9.49. The highest BCUT2D eigenvalue weighted by molar-refractivity contribution is 5.36. The molecule has 1 aliphatic heterocycles. The average molecular weight is 272 g/mol. The highest BCUT2D eigenvalue weighted by atomic mass is 16.5. The van der Waals surface area contributed by atoms with E-state index < -0.39 is 0 Å². The molecule has 5 atom stereocenters. The standard InChI is InChI=1S/C19H28O/c1-13-6-9-19(3)14(10-13)4-5-15-16(19)7-8-18(2)12-20-11-17(15)18/h4,10,15-17H,5-9,11-12H2,1-3H3/t15-,16+,17+,18-,19+/m1/s1. The van der Waals surface area contributed by atoms with Crippen LogP contribution in [0.5, 0.6) is 0 Å². The summed E-state index contributed by atoms with van der Waals surface area (Å²) in [6.45, 7) is 9.36. The van der Waals surface area contributed by atoms with Gasteiger partial charge in [-0.05, 0) is 73.2 Å². The van der Waals surface area contributed by atoms with E-state index >= 15 is 0 Å². The van der Waals surface area contributed by atoms with Crippen molar-refractivity contribution < 1.29 is 4.74 Å². The molecule has 20 heavy (non-hydrogen) atoms. The maximum atomic E-state index is 5.90. The number of allylic oxidation sites excluding steroid dienone is 4. The molecule has 0 radical (unpaired) electrons. The maximum Gasteiger partial charge on any atom is 0.0523 e. The summed E-state index contributed by atoms with van der Waals surface area (Å²) >= 11 is 0. The van der Waals surface area contributed by atoms with E-state index in [0.29, 0.717) is 10.8 Å². The predicted octanol–water partition coefficient (Wildman–Crippen LogP) is 4.74. The molecule has 0 aromatic heterocycles. The number of rotatable bonds is 0. The molecule has 2 fully saturated rings. The Bertz CT molecular complexity index is 488. The molecule has 4 aliphatic rings. The van der Waals surface area contributed by atoms with Gasteiger partial charge in [-0.2, -0.15) is 0 Å². The summed E-state index contributed by atoms with van der Waals surface area (Å²) in [6.07, 6.45) is 11.8. The van der Waals surface area contributed by atoms with Gasteiger partial charge in [0.05, 0.1) is 13.2 Å². The third kappa shape index (κ3) is 1.65. The van der Waals surface area contributed by atoms with E-state index in [1.807, 2.05) is 0 Å². The Morgan fingerprint density at radius 2 is 2.05 bits per heavy atom. The molecule has 0 aromatic carbocycles. The maximum absolute atomic E-state index is 5.90. The van der Waals surface area contributed by atoms with Crippen molar-refractivity contribution in [3.05, 3.63) is 23.3 Å². The molecule has 0 N–H and O–H groups in total. The topological polar surface area (TPSA) is 9.23 Å². The fraction of sp³-hybridized carbons (Fsp3) is 0.789. The summed E-state index contributed by atoms with van der Waals surface area (Å²) in [6, 6.07) is 0. The summed E-state index contributed by atoms with van der Waals surface area (Å²) in [4.78, 5) is 0. The Kier molecular flexibility index (Phi) is 2.77. The lowest BCUT2D eigenvalue weighted by molar-refractivity contribution is -0.00860. The monoisotopic (exact) mass is 272 g/mol. The minimum absolute atomic E-state index is 0.451. The highest BCUT2D eigenvalue weighted by Gasteiger charge is 2.55. The number of hydrogen-bond donors (Lipinski definition) is 0. The van der Waals surface area contributed by atoms with Crippen LogP contribution in [0, 0.1) is 28.6 Å². The lowest BCUT2D eigenvalue weighted by Crippen LogP contribution is -2.49. The van der Waals surface area contributed by atoms with E-state index in [0.717, 1.165) is 31.0 Å². The second kappa shape index (κ2) is 4.22. The van der Waals surface area contributed by atoms with Crippen molar-refractivity contribution in [2.45, 2.75) is 52.9 Å². The van der Waals surface area contributed by atoms with E-state index in [4.69, 9.17) is 4.74 Å². The van der Waals surface area contributed by atoms with Gasteiger partial charge in [0.25, 0.3) is 0 Å². The molecule has 1 nitrogen and oxygen atoms in total. The van der Waals surface area contributed by atoms with Gasteiger partial charge in [0.1, 0.15) is 0 Å². The largest absolute Gasteiger partial charge is 0.381 e. The third-order valence-electron chi connectivity index (χ3n) is 7.21. The zero-order valence-electron chi connectivity index (χ0n) is 13.2. The molecule has 3 aliphatic carbocycles. The Balaban J connectivity index is 1.72. The quantitative estimate of drug-likeness (QED) is 0.619. The molecule has 1 saturated carbocycles. The molecule has 4 rings (SSSR count). The molecule has 0 aromatic rings. The van der Waals surface area contributed by atoms with Gasteiger partial charge >= 0.3 is 0 Å². The fourth-order valence-corrected chi connectivity index (χ4v) is 5.78. The van der Waals surface area contributed by atoms with E-state index in [2.05, 4.69) is 32.9 Å². The molecule has 0 bridgehead atoms. The lowest BCUT2D eigenvalue weighted by Gasteiger charge is -2.55. The smallest absolute Gasteiger partial charge is 0.0523 e. The van der Waals surface area contributed by atoms with Crippen LogP contribution in [0.2, 0.25) is 0 Å². The van der Waals surface area contributed by atoms with E-state index in [-0.39, 0.29) is 0 Å². The van der Waals surface area contributed by atoms with Crippen LogP contribution in [-0.2, 0) is 4.74 Å². The highest BCUT2D eigenvalue weighted by Crippen LogP contribution is 2.61. The summed E-state index contributed by atoms with van der Waals surface area (Å²) in [5.74, 6) is 2.58. The van der Waals surface area contributed by atoms with Gasteiger partial charge in [0, 0.05) is 0 Å². The van der Waals surface area contributed by atoms with Crippen molar-refractivity contribution in [3.63, 3.8) is 0 Å². The normalized spacial score (nSPS) is 50.6. The first-order valence-corrected chi connectivity index (χ1v) is 8.48. The molecular formula is C19H28O. The van der Waals surface area contributed by atoms with Crippen molar-refractivity contribution in [2.75, 3.05) is 13.2 Å². The van der Waals surface area contributed by atoms with Crippen molar-refractivity contribution >= 4 is 0 Å². The van der Waals surface area contributed by atoms with Crippen molar-refractivity contribution in [2.24, 2.45) is 28.6 Å². The first-order chi connectivity index (χ1) is 9.53. The third-order valence-corrected chi connectivity index (χ3v) is 7.21. The second-order valence-electron chi connectivity index (χ2n) is 8.39. The minimum Gasteiger partial charge on any atom is -0.381 e. The van der Waals surface area contributed by atoms with E-state index in [1.54, 1.807) is 11.1 Å². The SMILES string of the molecule is CC1=CC2=CC[C@H]3[C@@H]4COC[C@@]4(C)CC[C@@H]3[C@@]2(C)CC1. The van der Waals surface area contributed by atoms with Crippen molar-refractivity contribution in [1.29, 1.82) is 0 Å². The number of hydrogen-bond acceptors (Lipinski definition) is 1. The first-order valence-electron chi connectivity index (χ1n) is 8.48. The van der Waals surface area contributed by atoms with Crippen LogP contribution >= 0.6 is 0 Å². The van der Waals surface area contributed by atoms with Crippen LogP contribution in [0.1, 0.15) is 52.9 Å². The van der Waals surface area contributed by atoms with E-state index in [9.17, 15) is 0 Å². The van der Waals surface area contributed by atoms with Gasteiger partial charge in [-0.1, -0.05) is 31.6 Å². The fourth-order valence-electron chi connectivity index (χ4n) is 5.78. The number of fused-ring (bicyclic) bond motifs is 5. The van der Waals surface area contributed by atoms with Gasteiger partial charge in [0.15, 0.2) is 0 Å².